The summed E-state index contributed by atoms with van der Waals surface area (Å²) in [4.78, 5) is 43.8. The highest BCUT2D eigenvalue weighted by Gasteiger charge is 2.30. The first-order chi connectivity index (χ1) is 13.5. The van der Waals surface area contributed by atoms with Crippen LogP contribution in [-0.4, -0.2) is 39.0 Å². The molecule has 4 rings (SSSR count). The van der Waals surface area contributed by atoms with Gasteiger partial charge in [0.05, 0.1) is 22.7 Å². The number of Topliss-reactive ketones (excluding diaryl/α,β-unsaturated/α-hetero) is 3. The second-order valence-corrected chi connectivity index (χ2v) is 6.78. The number of aromatic hydroxyl groups is 1. The van der Waals surface area contributed by atoms with Crippen LogP contribution in [0.15, 0.2) is 47.5 Å². The molecule has 140 valence electrons. The van der Waals surface area contributed by atoms with Gasteiger partial charge in [-0.05, 0) is 24.3 Å². The highest BCUT2D eigenvalue weighted by Crippen LogP contribution is 2.35. The van der Waals surface area contributed by atoms with Crippen molar-refractivity contribution < 1.29 is 19.5 Å². The second kappa shape index (κ2) is 7.05. The van der Waals surface area contributed by atoms with E-state index in [1.54, 1.807) is 24.3 Å². The van der Waals surface area contributed by atoms with E-state index >= 15 is 0 Å². The maximum Gasteiger partial charge on any atom is 0.214 e. The van der Waals surface area contributed by atoms with Crippen molar-refractivity contribution in [2.75, 3.05) is 5.88 Å². The van der Waals surface area contributed by atoms with Gasteiger partial charge in [0, 0.05) is 29.3 Å². The van der Waals surface area contributed by atoms with Crippen LogP contribution < -0.4 is 0 Å². The lowest BCUT2D eigenvalue weighted by Crippen LogP contribution is -2.12. The maximum atomic E-state index is 12.9. The highest BCUT2D eigenvalue weighted by atomic mass is 35.5. The van der Waals surface area contributed by atoms with E-state index in [2.05, 4.69) is 9.98 Å². The topological polar surface area (TPSA) is 99.6 Å². The minimum Gasteiger partial charge on any atom is -0.494 e. The van der Waals surface area contributed by atoms with Crippen molar-refractivity contribution in [2.45, 2.75) is 12.8 Å². The van der Waals surface area contributed by atoms with Gasteiger partial charge in [-0.2, -0.15) is 0 Å². The van der Waals surface area contributed by atoms with Gasteiger partial charge in [0.1, 0.15) is 11.5 Å². The first kappa shape index (κ1) is 18.1. The Morgan fingerprint density at radius 1 is 1.11 bits per heavy atom. The van der Waals surface area contributed by atoms with E-state index in [-0.39, 0.29) is 47.7 Å². The molecule has 28 heavy (non-hydrogen) atoms. The second-order valence-electron chi connectivity index (χ2n) is 6.51. The number of aromatic nitrogens is 1. The van der Waals surface area contributed by atoms with Crippen LogP contribution in [0.5, 0.6) is 5.88 Å². The van der Waals surface area contributed by atoms with E-state index in [9.17, 15) is 19.5 Å². The third kappa shape index (κ3) is 3.01. The number of benzene rings is 2. The Morgan fingerprint density at radius 2 is 1.89 bits per heavy atom. The third-order valence-corrected chi connectivity index (χ3v) is 5.01. The van der Waals surface area contributed by atoms with Gasteiger partial charge in [0.2, 0.25) is 5.78 Å². The molecule has 2 heterocycles. The summed E-state index contributed by atoms with van der Waals surface area (Å²) >= 11 is 5.45. The molecular formula is C21H15ClN2O4. The number of carbonyl (C=O) groups is 3. The number of nitrogens with zero attached hydrogens (tertiary/aromatic N) is 1. The smallest absolute Gasteiger partial charge is 0.214 e. The molecule has 0 atom stereocenters. The Morgan fingerprint density at radius 3 is 2.68 bits per heavy atom. The zero-order valence-corrected chi connectivity index (χ0v) is 15.4. The third-order valence-electron chi connectivity index (χ3n) is 4.71. The van der Waals surface area contributed by atoms with Crippen molar-refractivity contribution in [1.82, 2.24) is 4.98 Å². The lowest BCUT2D eigenvalue weighted by molar-refractivity contribution is -0.116. The Balaban J connectivity index is 1.66. The van der Waals surface area contributed by atoms with Crippen molar-refractivity contribution in [3.63, 3.8) is 0 Å². The van der Waals surface area contributed by atoms with Crippen LogP contribution in [0, 0.1) is 0 Å². The van der Waals surface area contributed by atoms with Crippen LogP contribution in [0.4, 0.5) is 5.69 Å². The van der Waals surface area contributed by atoms with Gasteiger partial charge < -0.3 is 10.1 Å². The summed E-state index contributed by atoms with van der Waals surface area (Å²) in [5.74, 6) is -1.05. The molecule has 0 saturated carbocycles. The first-order valence-corrected chi connectivity index (χ1v) is 9.21. The summed E-state index contributed by atoms with van der Waals surface area (Å²) in [6.45, 7) is 0. The summed E-state index contributed by atoms with van der Waals surface area (Å²) in [5, 5.41) is 11.0. The molecule has 0 fully saturated rings. The predicted molar refractivity (Wildman–Crippen MR) is 106 cm³/mol. The largest absolute Gasteiger partial charge is 0.494 e. The number of aromatic amines is 1. The van der Waals surface area contributed by atoms with E-state index in [1.165, 1.54) is 6.07 Å². The number of aliphatic imine (C=N–C) groups is 1. The number of alkyl halides is 1. The molecule has 2 aromatic carbocycles. The van der Waals surface area contributed by atoms with E-state index in [4.69, 9.17) is 11.6 Å². The van der Waals surface area contributed by atoms with Crippen molar-refractivity contribution in [3.8, 4) is 5.88 Å². The quantitative estimate of drug-likeness (QED) is 0.488. The molecule has 3 aromatic rings. The summed E-state index contributed by atoms with van der Waals surface area (Å²) in [5.41, 5.74) is 2.26. The van der Waals surface area contributed by atoms with Gasteiger partial charge in [-0.3, -0.25) is 14.4 Å². The van der Waals surface area contributed by atoms with Gasteiger partial charge in [-0.1, -0.05) is 18.2 Å². The van der Waals surface area contributed by atoms with E-state index in [1.807, 2.05) is 12.1 Å². The lowest BCUT2D eigenvalue weighted by Gasteiger charge is -2.03. The van der Waals surface area contributed by atoms with E-state index in [0.717, 1.165) is 0 Å². The number of carbonyl (C=O) groups excluding carboxylic acids is 3. The van der Waals surface area contributed by atoms with Crippen LogP contribution in [0.1, 0.15) is 39.1 Å². The number of para-hydroxylation sites is 1. The van der Waals surface area contributed by atoms with Crippen molar-refractivity contribution in [2.24, 2.45) is 4.99 Å². The van der Waals surface area contributed by atoms with Crippen LogP contribution in [0.3, 0.4) is 0 Å². The number of halogens is 1. The minimum atomic E-state index is -0.360. The molecule has 1 aliphatic rings. The Labute approximate surface area is 164 Å². The summed E-state index contributed by atoms with van der Waals surface area (Å²) in [6.07, 6.45) is 0.105. The summed E-state index contributed by atoms with van der Waals surface area (Å²) < 4.78 is 0. The van der Waals surface area contributed by atoms with Crippen LogP contribution >= 0.6 is 11.6 Å². The fourth-order valence-corrected chi connectivity index (χ4v) is 3.42. The standard InChI is InChI=1S/C21H15ClN2O4/c22-10-12(25)6-8-17(26)11-5-7-16-14(9-11)20(27)19(23-16)18-13-3-1-2-4-15(13)24-21(18)28/h1-5,7,9,24,28H,6,8,10H2. The number of fused-ring (bicyclic) bond motifs is 2. The van der Waals surface area contributed by atoms with Crippen LogP contribution in [-0.2, 0) is 4.79 Å². The molecular weight excluding hydrogens is 380 g/mol. The van der Waals surface area contributed by atoms with Crippen molar-refractivity contribution in [1.29, 1.82) is 0 Å². The minimum absolute atomic E-state index is 0.0372. The number of rotatable bonds is 6. The maximum absolute atomic E-state index is 12.9. The Bertz CT molecular complexity index is 1180. The summed E-state index contributed by atoms with van der Waals surface area (Å²) in [7, 11) is 0. The molecule has 0 aliphatic carbocycles. The highest BCUT2D eigenvalue weighted by molar-refractivity contribution is 6.56. The molecule has 0 spiro atoms. The zero-order valence-electron chi connectivity index (χ0n) is 14.7. The monoisotopic (exact) mass is 394 g/mol. The molecule has 0 amide bonds. The molecule has 6 nitrogen and oxygen atoms in total. The number of hydrogen-bond acceptors (Lipinski definition) is 5. The number of H-pyrrole nitrogens is 1. The normalized spacial score (nSPS) is 12.9. The van der Waals surface area contributed by atoms with Crippen LogP contribution in [0.25, 0.3) is 10.9 Å². The predicted octanol–water partition coefficient (Wildman–Crippen LogP) is 3.96. The van der Waals surface area contributed by atoms with Gasteiger partial charge >= 0.3 is 0 Å². The first-order valence-electron chi connectivity index (χ1n) is 8.68. The number of hydrogen-bond donors (Lipinski definition) is 2. The number of nitrogens with one attached hydrogen (secondary N) is 1. The molecule has 7 heteroatoms. The molecule has 2 N–H and O–H groups in total. The Hall–Kier alpha value is -3.25. The number of ketones is 3. The molecule has 1 aliphatic heterocycles. The average Bonchev–Trinajstić information content (AvgIpc) is 3.21. The van der Waals surface area contributed by atoms with Gasteiger partial charge in [-0.25, -0.2) is 4.99 Å². The van der Waals surface area contributed by atoms with Crippen molar-refractivity contribution >= 4 is 51.3 Å². The fraction of sp³-hybridized carbons (Fsp3) is 0.143. The molecule has 0 bridgehead atoms. The SMILES string of the molecule is O=C(CCl)CCC(=O)c1ccc2c(c1)C(=O)C(c1c(O)[nH]c3ccccc13)=N2. The Kier molecular flexibility index (Phi) is 4.57. The zero-order chi connectivity index (χ0) is 19.8. The molecule has 1 aromatic heterocycles. The fourth-order valence-electron chi connectivity index (χ4n) is 3.29. The molecule has 0 radical (unpaired) electrons. The van der Waals surface area contributed by atoms with Gasteiger partial charge in [0.25, 0.3) is 0 Å². The van der Waals surface area contributed by atoms with E-state index in [0.29, 0.717) is 33.3 Å². The summed E-state index contributed by atoms with van der Waals surface area (Å²) in [6, 6.07) is 11.9. The lowest BCUT2D eigenvalue weighted by atomic mass is 9.98. The average molecular weight is 395 g/mol. The van der Waals surface area contributed by atoms with Crippen LogP contribution in [0.2, 0.25) is 0 Å². The van der Waals surface area contributed by atoms with E-state index < -0.39 is 0 Å². The molecule has 0 saturated heterocycles. The molecule has 0 unspecified atom stereocenters. The van der Waals surface area contributed by atoms with Crippen molar-refractivity contribution in [3.05, 3.63) is 59.2 Å². The van der Waals surface area contributed by atoms with Gasteiger partial charge in [0.15, 0.2) is 11.7 Å². The van der Waals surface area contributed by atoms with Gasteiger partial charge in [-0.15, -0.1) is 11.6 Å².